The molecule has 2 aromatic rings. The molecular weight excluding hydrogens is 332 g/mol. The molecule has 1 amide bonds. The lowest BCUT2D eigenvalue weighted by molar-refractivity contribution is -0.135. The van der Waals surface area contributed by atoms with Crippen LogP contribution in [0.1, 0.15) is 27.3 Å². The summed E-state index contributed by atoms with van der Waals surface area (Å²) in [5.41, 5.74) is -0.0159. The molecule has 0 spiro atoms. The molecule has 0 saturated heterocycles. The molecule has 0 atom stereocenters. The van der Waals surface area contributed by atoms with Crippen LogP contribution >= 0.6 is 0 Å². The molecule has 0 aliphatic carbocycles. The van der Waals surface area contributed by atoms with Gasteiger partial charge in [-0.1, -0.05) is 0 Å². The first-order valence-electron chi connectivity index (χ1n) is 7.31. The monoisotopic (exact) mass is 346 g/mol. The van der Waals surface area contributed by atoms with Crippen molar-refractivity contribution in [1.29, 1.82) is 0 Å². The smallest absolute Gasteiger partial charge is 0.322 e. The first-order chi connectivity index (χ1) is 12.0. The molecule has 0 fully saturated rings. The molecule has 0 radical (unpaired) electrons. The zero-order valence-corrected chi connectivity index (χ0v) is 12.9. The van der Waals surface area contributed by atoms with E-state index >= 15 is 0 Å². The summed E-state index contributed by atoms with van der Waals surface area (Å²) < 4.78 is 6.56. The van der Waals surface area contributed by atoms with E-state index in [1.165, 1.54) is 10.8 Å². The highest BCUT2D eigenvalue weighted by Crippen LogP contribution is 2.29. The summed E-state index contributed by atoms with van der Waals surface area (Å²) >= 11 is 0. The zero-order chi connectivity index (χ0) is 18.0. The minimum atomic E-state index is -1.27. The summed E-state index contributed by atoms with van der Waals surface area (Å²) in [6, 6.07) is 3.32. The molecule has 0 aromatic carbocycles. The lowest BCUT2D eigenvalue weighted by Gasteiger charge is -2.15. The number of carboxylic acids is 1. The van der Waals surface area contributed by atoms with Crippen molar-refractivity contribution in [2.24, 2.45) is 0 Å². The number of ether oxygens (including phenoxy) is 1. The van der Waals surface area contributed by atoms with Gasteiger partial charge < -0.3 is 24.8 Å². The van der Waals surface area contributed by atoms with Crippen LogP contribution in [0.15, 0.2) is 23.1 Å². The largest absolute Gasteiger partial charge is 0.506 e. The van der Waals surface area contributed by atoms with Crippen molar-refractivity contribution >= 4 is 11.9 Å². The molecular formula is C15H14N4O6. The van der Waals surface area contributed by atoms with E-state index in [2.05, 4.69) is 15.5 Å². The standard InChI is InChI=1S/C15H14N4O6/c20-11(21)4-16-14(23)12-13(22)9-6-25-7-10(9)19(15(12)24)5-8-2-1-3-17-18-8/h1-3,22H,4-7H2,(H,16,23)(H,20,21). The van der Waals surface area contributed by atoms with E-state index in [1.54, 1.807) is 12.1 Å². The summed E-state index contributed by atoms with van der Waals surface area (Å²) in [7, 11) is 0. The third-order valence-corrected chi connectivity index (χ3v) is 3.72. The van der Waals surface area contributed by atoms with Crippen molar-refractivity contribution < 1.29 is 24.5 Å². The average Bonchev–Trinajstić information content (AvgIpc) is 3.08. The van der Waals surface area contributed by atoms with Crippen molar-refractivity contribution in [3.05, 3.63) is 51.2 Å². The maximum absolute atomic E-state index is 12.7. The maximum Gasteiger partial charge on any atom is 0.322 e. The number of carbonyl (C=O) groups excluding carboxylic acids is 1. The Hall–Kier alpha value is -3.27. The second-order valence-corrected chi connectivity index (χ2v) is 5.32. The van der Waals surface area contributed by atoms with Crippen molar-refractivity contribution in [2.75, 3.05) is 6.54 Å². The van der Waals surface area contributed by atoms with Crippen molar-refractivity contribution in [3.8, 4) is 5.75 Å². The Morgan fingerprint density at radius 3 is 2.84 bits per heavy atom. The molecule has 2 aromatic heterocycles. The van der Waals surface area contributed by atoms with Crippen molar-refractivity contribution in [1.82, 2.24) is 20.1 Å². The molecule has 0 bridgehead atoms. The van der Waals surface area contributed by atoms with Gasteiger partial charge in [0.15, 0.2) is 0 Å². The van der Waals surface area contributed by atoms with Gasteiger partial charge in [-0.25, -0.2) is 0 Å². The highest BCUT2D eigenvalue weighted by atomic mass is 16.5. The molecule has 3 N–H and O–H groups in total. The molecule has 0 saturated carbocycles. The maximum atomic E-state index is 12.7. The number of aromatic hydroxyl groups is 1. The summed E-state index contributed by atoms with van der Waals surface area (Å²) in [6.07, 6.45) is 1.49. The van der Waals surface area contributed by atoms with Gasteiger partial charge in [0, 0.05) is 11.8 Å². The number of nitrogens with one attached hydrogen (secondary N) is 1. The number of pyridine rings is 1. The number of fused-ring (bicyclic) bond motifs is 1. The number of rotatable bonds is 5. The van der Waals surface area contributed by atoms with Gasteiger partial charge in [0.25, 0.3) is 11.5 Å². The fourth-order valence-corrected chi connectivity index (χ4v) is 2.57. The Kier molecular flexibility index (Phi) is 4.44. The van der Waals surface area contributed by atoms with Crippen LogP contribution in [-0.2, 0) is 29.3 Å². The first kappa shape index (κ1) is 16.6. The van der Waals surface area contributed by atoms with E-state index < -0.39 is 35.3 Å². The lowest BCUT2D eigenvalue weighted by atomic mass is 10.1. The molecule has 3 rings (SSSR count). The van der Waals surface area contributed by atoms with Gasteiger partial charge in [0.05, 0.1) is 31.1 Å². The minimum absolute atomic E-state index is 0.0395. The first-order valence-corrected chi connectivity index (χ1v) is 7.31. The molecule has 25 heavy (non-hydrogen) atoms. The molecule has 10 nitrogen and oxygen atoms in total. The Morgan fingerprint density at radius 2 is 2.16 bits per heavy atom. The fourth-order valence-electron chi connectivity index (χ4n) is 2.57. The van der Waals surface area contributed by atoms with Gasteiger partial charge in [-0.15, -0.1) is 0 Å². The van der Waals surface area contributed by atoms with Gasteiger partial charge in [-0.2, -0.15) is 10.2 Å². The second-order valence-electron chi connectivity index (χ2n) is 5.32. The molecule has 130 valence electrons. The number of hydrogen-bond donors (Lipinski definition) is 3. The highest BCUT2D eigenvalue weighted by Gasteiger charge is 2.29. The summed E-state index contributed by atoms with van der Waals surface area (Å²) in [5, 5.41) is 28.7. The van der Waals surface area contributed by atoms with Crippen LogP contribution in [0.3, 0.4) is 0 Å². The summed E-state index contributed by atoms with van der Waals surface area (Å²) in [4.78, 5) is 35.5. The van der Waals surface area contributed by atoms with E-state index in [0.717, 1.165) is 0 Å². The molecule has 0 unspecified atom stereocenters. The third-order valence-electron chi connectivity index (χ3n) is 3.72. The number of aliphatic carboxylic acids is 1. The predicted molar refractivity (Wildman–Crippen MR) is 82.0 cm³/mol. The van der Waals surface area contributed by atoms with Gasteiger partial charge >= 0.3 is 5.97 Å². The van der Waals surface area contributed by atoms with E-state index in [0.29, 0.717) is 17.0 Å². The minimum Gasteiger partial charge on any atom is -0.506 e. The van der Waals surface area contributed by atoms with Crippen LogP contribution < -0.4 is 10.9 Å². The Labute approximate surface area is 140 Å². The van der Waals surface area contributed by atoms with Crippen molar-refractivity contribution in [3.63, 3.8) is 0 Å². The number of hydrogen-bond acceptors (Lipinski definition) is 7. The van der Waals surface area contributed by atoms with Crippen molar-refractivity contribution in [2.45, 2.75) is 19.8 Å². The van der Waals surface area contributed by atoms with Crippen LogP contribution in [0.2, 0.25) is 0 Å². The van der Waals surface area contributed by atoms with E-state index in [9.17, 15) is 19.5 Å². The number of carboxylic acid groups (broad SMARTS) is 1. The van der Waals surface area contributed by atoms with E-state index in [4.69, 9.17) is 9.84 Å². The predicted octanol–water partition coefficient (Wildman–Crippen LogP) is -0.763. The number of amides is 1. The average molecular weight is 346 g/mol. The highest BCUT2D eigenvalue weighted by molar-refractivity contribution is 5.98. The molecule has 1 aliphatic heterocycles. The molecule has 3 heterocycles. The van der Waals surface area contributed by atoms with Gasteiger partial charge in [0.2, 0.25) is 0 Å². The Balaban J connectivity index is 2.07. The number of nitrogens with zero attached hydrogens (tertiary/aromatic N) is 3. The normalized spacial score (nSPS) is 12.6. The Bertz CT molecular complexity index is 893. The van der Waals surface area contributed by atoms with Crippen LogP contribution in [0.25, 0.3) is 0 Å². The fraction of sp³-hybridized carbons (Fsp3) is 0.267. The number of aromatic nitrogens is 3. The number of carbonyl (C=O) groups is 2. The third kappa shape index (κ3) is 3.19. The van der Waals surface area contributed by atoms with Gasteiger partial charge in [0.1, 0.15) is 17.9 Å². The van der Waals surface area contributed by atoms with Crippen LogP contribution in [0.4, 0.5) is 0 Å². The van der Waals surface area contributed by atoms with Crippen LogP contribution in [-0.4, -0.2) is 43.4 Å². The van der Waals surface area contributed by atoms with Gasteiger partial charge in [-0.3, -0.25) is 14.4 Å². The zero-order valence-electron chi connectivity index (χ0n) is 12.9. The van der Waals surface area contributed by atoms with Crippen LogP contribution in [0.5, 0.6) is 5.75 Å². The SMILES string of the molecule is O=C(O)CNC(=O)c1c(O)c2c(n(Cc3cccnn3)c1=O)COC2. The summed E-state index contributed by atoms with van der Waals surface area (Å²) in [5.74, 6) is -2.72. The quantitative estimate of drug-likeness (QED) is 0.641. The second kappa shape index (κ2) is 6.69. The topological polar surface area (TPSA) is 144 Å². The van der Waals surface area contributed by atoms with E-state index in [-0.39, 0.29) is 19.8 Å². The summed E-state index contributed by atoms with van der Waals surface area (Å²) in [6.45, 7) is -0.482. The van der Waals surface area contributed by atoms with Crippen LogP contribution in [0, 0.1) is 0 Å². The lowest BCUT2D eigenvalue weighted by Crippen LogP contribution is -2.37. The van der Waals surface area contributed by atoms with E-state index in [1.807, 2.05) is 0 Å². The molecule has 10 heteroatoms. The van der Waals surface area contributed by atoms with Gasteiger partial charge in [-0.05, 0) is 12.1 Å². The molecule has 1 aliphatic rings. The Morgan fingerprint density at radius 1 is 1.36 bits per heavy atom.